The third-order valence-corrected chi connectivity index (χ3v) is 16.4. The molecule has 5 aliphatic rings. The van der Waals surface area contributed by atoms with Crippen molar-refractivity contribution >= 4 is 94.8 Å². The van der Waals surface area contributed by atoms with Crippen LogP contribution < -0.4 is 14.2 Å². The average Bonchev–Trinajstić information content (AvgIpc) is 0.767. The summed E-state index contributed by atoms with van der Waals surface area (Å²) >= 11 is 0. The molecule has 5 heterocycles. The summed E-state index contributed by atoms with van der Waals surface area (Å²) in [6.07, 6.45) is -63.6. The summed E-state index contributed by atoms with van der Waals surface area (Å²) < 4.78 is 346. The number of aliphatic carboxylic acids is 2. The van der Waals surface area contributed by atoms with E-state index in [0.29, 0.717) is 0 Å². The van der Waals surface area contributed by atoms with Gasteiger partial charge in [-0.3, -0.25) is 36.4 Å². The van der Waals surface area contributed by atoms with Crippen molar-refractivity contribution in [2.24, 2.45) is 0 Å². The highest BCUT2D eigenvalue weighted by Crippen LogP contribution is 2.39. The average molecular weight is 1510 g/mol. The lowest BCUT2D eigenvalue weighted by Crippen LogP contribution is -2.71. The molecule has 25 atom stereocenters. The summed E-state index contributed by atoms with van der Waals surface area (Å²) in [6.45, 7) is -5.06. The zero-order valence-electron chi connectivity index (χ0n) is 43.9. The second-order valence-electron chi connectivity index (χ2n) is 18.7. The minimum absolute atomic E-state index is 0.735. The van der Waals surface area contributed by atoms with Crippen LogP contribution in [0, 0.1) is 0 Å². The van der Waals surface area contributed by atoms with Crippen LogP contribution in [0.2, 0.25) is 0 Å². The molecule has 5 fully saturated rings. The van der Waals surface area contributed by atoms with Crippen molar-refractivity contribution in [2.75, 3.05) is 26.9 Å². The maximum absolute atomic E-state index is 13.0. The third kappa shape index (κ3) is 22.9. The second kappa shape index (κ2) is 29.9. The second-order valence-corrected chi connectivity index (χ2v) is 27.6. The number of methoxy groups -OCH3 is 1. The van der Waals surface area contributed by atoms with Crippen molar-refractivity contribution in [1.29, 1.82) is 0 Å². The van der Waals surface area contributed by atoms with Crippen LogP contribution in [-0.4, -0.2) is 337 Å². The van der Waals surface area contributed by atoms with E-state index in [1.54, 1.807) is 0 Å². The van der Waals surface area contributed by atoms with Gasteiger partial charge in [0, 0.05) is 7.11 Å². The van der Waals surface area contributed by atoms with Gasteiger partial charge < -0.3 is 88.2 Å². The molecule has 0 spiro atoms. The van der Waals surface area contributed by atoms with E-state index in [2.05, 4.69) is 20.9 Å². The number of aliphatic hydroxyl groups is 6. The van der Waals surface area contributed by atoms with Gasteiger partial charge >= 0.3 is 94.8 Å². The van der Waals surface area contributed by atoms with Gasteiger partial charge in [-0.25, -0.2) is 30.5 Å². The van der Waals surface area contributed by atoms with E-state index in [4.69, 9.17) is 51.9 Å². The normalized spacial score (nSPS) is 38.6. The van der Waals surface area contributed by atoms with Crippen LogP contribution in [0.25, 0.3) is 0 Å². The van der Waals surface area contributed by atoms with Crippen LogP contribution in [0.5, 0.6) is 0 Å². The Morgan fingerprint density at radius 1 is 0.352 bits per heavy atom. The summed E-state index contributed by atoms with van der Waals surface area (Å²) in [5.74, 6) is -4.91. The summed E-state index contributed by atoms with van der Waals surface area (Å²) in [4.78, 5) is 25.8. The predicted octanol–water partition coefficient (Wildman–Crippen LogP) is -13.8. The molecule has 0 bridgehead atoms. The Balaban J connectivity index is 1.60. The Morgan fingerprint density at radius 2 is 0.703 bits per heavy atom. The number of ether oxygens (including phenoxy) is 10. The molecule has 0 aromatic rings. The molecule has 0 aliphatic carbocycles. The van der Waals surface area contributed by atoms with Crippen LogP contribution in [0.1, 0.15) is 0 Å². The summed E-state index contributed by atoms with van der Waals surface area (Å²) in [7, 11) is -45.9. The topological polar surface area (TPSA) is 805 Å². The molecule has 0 aromatic heterocycles. The number of hydrogen-bond donors (Lipinski definition) is 19. The van der Waals surface area contributed by atoms with Crippen molar-refractivity contribution in [2.45, 2.75) is 153 Å². The largest absolute Gasteiger partial charge is 0.479 e. The molecule has 91 heavy (non-hydrogen) atoms. The Hall–Kier alpha value is -2.74. The van der Waals surface area contributed by atoms with E-state index in [0.717, 1.165) is 11.8 Å². The van der Waals surface area contributed by atoms with Crippen molar-refractivity contribution < 1.29 is 222 Å². The zero-order chi connectivity index (χ0) is 69.4. The molecule has 0 amide bonds. The van der Waals surface area contributed by atoms with Gasteiger partial charge in [-0.15, -0.1) is 0 Å². The van der Waals surface area contributed by atoms with Gasteiger partial charge in [0.15, 0.2) is 49.8 Å². The first-order valence-electron chi connectivity index (χ1n) is 23.5. The minimum Gasteiger partial charge on any atom is -0.479 e. The van der Waals surface area contributed by atoms with Crippen molar-refractivity contribution in [1.82, 2.24) is 14.2 Å². The smallest absolute Gasteiger partial charge is 0.397 e. The fourth-order valence-electron chi connectivity index (χ4n) is 8.98. The molecule has 60 heteroatoms. The number of nitrogens with one attached hydrogen (secondary N) is 3. The fraction of sp³-hybridized carbons (Fsp3) is 0.935. The Labute approximate surface area is 509 Å². The molecule has 5 aliphatic heterocycles. The van der Waals surface area contributed by atoms with Gasteiger partial charge in [0.2, 0.25) is 0 Å². The maximum atomic E-state index is 13.0. The molecule has 0 radical (unpaired) electrons. The molecule has 0 saturated carbocycles. The number of hydrogen-bond acceptors (Lipinski definition) is 39. The Bertz CT molecular complexity index is 3490. The number of carbonyl (C=O) groups is 2. The maximum Gasteiger partial charge on any atom is 0.397 e. The van der Waals surface area contributed by atoms with Gasteiger partial charge in [-0.1, -0.05) is 0 Å². The Kier molecular flexibility index (Phi) is 26.0. The lowest BCUT2D eigenvalue weighted by molar-refractivity contribution is -0.373. The molecular weight excluding hydrogens is 1450 g/mol. The van der Waals surface area contributed by atoms with Gasteiger partial charge in [0.1, 0.15) is 104 Å². The van der Waals surface area contributed by atoms with E-state index in [1.807, 2.05) is 0 Å². The highest BCUT2D eigenvalue weighted by molar-refractivity contribution is 7.84. The molecule has 0 aromatic carbocycles. The van der Waals surface area contributed by atoms with Crippen molar-refractivity contribution in [3.63, 3.8) is 0 Å². The number of carboxylic acids is 2. The first-order chi connectivity index (χ1) is 41.2. The monoisotopic (exact) mass is 1510 g/mol. The van der Waals surface area contributed by atoms with Gasteiger partial charge in [-0.2, -0.15) is 81.5 Å². The van der Waals surface area contributed by atoms with Gasteiger partial charge in [0.05, 0.1) is 19.8 Å². The van der Waals surface area contributed by atoms with E-state index in [9.17, 15) is 150 Å². The number of carboxylic acid groups (broad SMARTS) is 2. The van der Waals surface area contributed by atoms with Gasteiger partial charge in [-0.05, 0) is 0 Å². The first kappa shape index (κ1) is 79.0. The molecule has 5 rings (SSSR count). The zero-order valence-corrected chi connectivity index (χ0v) is 50.5. The molecule has 52 nitrogen and oxygen atoms in total. The highest BCUT2D eigenvalue weighted by Gasteiger charge is 2.61. The highest BCUT2D eigenvalue weighted by atomic mass is 32.3. The molecule has 5 saturated heterocycles. The Morgan fingerprint density at radius 3 is 1.13 bits per heavy atom. The quantitative estimate of drug-likeness (QED) is 0.0297. The molecule has 19 N–H and O–H groups in total. The molecule has 534 valence electrons. The summed E-state index contributed by atoms with van der Waals surface area (Å²) in [6, 6.07) is -8.17. The van der Waals surface area contributed by atoms with E-state index < -0.39 is 268 Å². The van der Waals surface area contributed by atoms with E-state index in [1.165, 1.54) is 9.44 Å². The minimum atomic E-state index is -6.36. The van der Waals surface area contributed by atoms with E-state index in [-0.39, 0.29) is 0 Å². The third-order valence-electron chi connectivity index (χ3n) is 12.4. The van der Waals surface area contributed by atoms with E-state index >= 15 is 0 Å². The summed E-state index contributed by atoms with van der Waals surface area (Å²) in [5, 5.41) is 87.8. The number of aliphatic hydroxyl groups excluding tert-OH is 6. The standard InChI is InChI=1S/C31H53N3O49S8/c1-69-27-9(33-85(48,49)50)13(37)17(6(74-27)3-71-88(57,58)59)76-31-22(83-91(66,67)68)16(40)21(24(81-31)26(43)44)79-29-10(34-86(51,52)53)19(82-90(63,64)65)18(7(75-29)4-72-89(60,61)62)77-30-15(39)14(38)20(23(80-30)25(41)42)78-28-8(32-84(45,46)47)12(36)11(35)5(73-28)2-70-87(54,55)56/h5-24,27-40H,2-4H2,1H3,(H,41,42)(H,43,44)(H,45,46,47)(H,48,49,50)(H,51,52,53)(H,54,55,56)(H,57,58,59)(H,60,61,62)(H,63,64,65)(H,66,67,68)/t5-,6-,7-,8-,9-,10-,11-,12-,13-,14-,15-,16+,17-,18-,19-,20+,21+,22-,23+,24-,27-,28-,29+,30-,31-/m1/s1. The van der Waals surface area contributed by atoms with Crippen LogP contribution >= 0.6 is 0 Å². The van der Waals surface area contributed by atoms with Crippen molar-refractivity contribution in [3.05, 3.63) is 0 Å². The molecule has 0 unspecified atom stereocenters. The predicted molar refractivity (Wildman–Crippen MR) is 262 cm³/mol. The SMILES string of the molecule is CO[C@@H]1O[C@H](COS(=O)(=O)O)[C@@H](O[C@@H]2O[C@@H](C(=O)O)[C@@H](O[C@@H]3O[C@H](COS(=O)(=O)O)[C@@H](O[C@@H]4O[C@H](C(=O)O)[C@@H](O[C@H]5O[C@H](COS(=O)(=O)O)[C@@H](O)[C@H](O)[C@H]5NS(=O)(=O)O)[C@H](O)[C@H]4O)[C@H](OS(=O)(=O)O)[C@H]3NS(=O)(=O)O)[C@H](O)[C@H]2OS(=O)(=O)O)[C@H](O)[C@H]1NS(=O)(=O)O. The molecular formula is C31H53N3O49S8. The van der Waals surface area contributed by atoms with Crippen LogP contribution in [0.15, 0.2) is 0 Å². The van der Waals surface area contributed by atoms with Gasteiger partial charge in [0.25, 0.3) is 0 Å². The van der Waals surface area contributed by atoms with Crippen LogP contribution in [0.4, 0.5) is 0 Å². The lowest BCUT2D eigenvalue weighted by Gasteiger charge is -2.50. The lowest BCUT2D eigenvalue weighted by atomic mass is 9.94. The fourth-order valence-corrected chi connectivity index (χ4v) is 12.7. The number of rotatable bonds is 30. The first-order valence-corrected chi connectivity index (χ1v) is 34.7. The van der Waals surface area contributed by atoms with Crippen molar-refractivity contribution in [3.8, 4) is 0 Å². The van der Waals surface area contributed by atoms with Crippen LogP contribution in [0.3, 0.4) is 0 Å². The van der Waals surface area contributed by atoms with Crippen LogP contribution in [-0.2, 0) is 161 Å². The summed E-state index contributed by atoms with van der Waals surface area (Å²) in [5.41, 5.74) is 0.